The lowest BCUT2D eigenvalue weighted by Gasteiger charge is -2.51. The molecule has 0 radical (unpaired) electrons. The molecule has 6 aromatic carbocycles. The lowest BCUT2D eigenvalue weighted by atomic mass is 9.71. The predicted molar refractivity (Wildman–Crippen MR) is 271 cm³/mol. The van der Waals surface area contributed by atoms with Crippen molar-refractivity contribution in [3.63, 3.8) is 0 Å². The van der Waals surface area contributed by atoms with Gasteiger partial charge in [-0.05, 0) is 24.3 Å². The number of ether oxygens (including phenoxy) is 7. The second kappa shape index (κ2) is 20.8. The van der Waals surface area contributed by atoms with Crippen molar-refractivity contribution < 1.29 is 174 Å². The van der Waals surface area contributed by atoms with E-state index in [0.717, 1.165) is 0 Å². The summed E-state index contributed by atoms with van der Waals surface area (Å²) in [7, 11) is 0. The zero-order valence-electron chi connectivity index (χ0n) is 43.1. The van der Waals surface area contributed by atoms with Crippen LogP contribution in [-0.2, 0) is 28.4 Å². The maximum absolute atomic E-state index is 15.3. The van der Waals surface area contributed by atoms with Crippen LogP contribution in [0.4, 0.5) is 0 Å². The van der Waals surface area contributed by atoms with Gasteiger partial charge in [0.1, 0.15) is 30.5 Å². The van der Waals surface area contributed by atoms with Crippen LogP contribution in [-0.4, -0.2) is 210 Å². The van der Waals surface area contributed by atoms with E-state index in [1.165, 1.54) is 0 Å². The highest BCUT2D eigenvalue weighted by molar-refractivity contribution is 6.11. The van der Waals surface area contributed by atoms with Gasteiger partial charge in [0.15, 0.2) is 99.2 Å². The second-order valence-electron chi connectivity index (χ2n) is 19.7. The van der Waals surface area contributed by atoms with Gasteiger partial charge in [0.25, 0.3) is 0 Å². The van der Waals surface area contributed by atoms with Gasteiger partial charge >= 0.3 is 35.8 Å². The van der Waals surface area contributed by atoms with Crippen molar-refractivity contribution in [2.24, 2.45) is 0 Å². The van der Waals surface area contributed by atoms with Crippen LogP contribution < -0.4 is 4.74 Å². The zero-order chi connectivity index (χ0) is 64.5. The van der Waals surface area contributed by atoms with Gasteiger partial charge in [-0.3, -0.25) is 0 Å². The largest absolute Gasteiger partial charge is 0.504 e. The van der Waals surface area contributed by atoms with Crippen LogP contribution in [0.15, 0.2) is 36.4 Å². The van der Waals surface area contributed by atoms with Crippen LogP contribution in [0.5, 0.6) is 109 Å². The molecule has 10 rings (SSSR count). The molecule has 9 atom stereocenters. The summed E-state index contributed by atoms with van der Waals surface area (Å²) in [5, 5.41) is 243. The van der Waals surface area contributed by atoms with E-state index in [2.05, 4.69) is 0 Å². The van der Waals surface area contributed by atoms with Crippen LogP contribution in [0, 0.1) is 0 Å². The first kappa shape index (κ1) is 59.5. The number of carboxylic acids is 1. The number of carbonyl (C=O) groups excluding carboxylic acids is 5. The minimum absolute atomic E-state index is 0.181. The number of aliphatic hydroxyl groups excluding tert-OH is 3. The summed E-state index contributed by atoms with van der Waals surface area (Å²) in [5.41, 5.74) is -14.5. The fourth-order valence-corrected chi connectivity index (χ4v) is 10.4. The molecule has 4 aliphatic heterocycles. The number of benzene rings is 6. The summed E-state index contributed by atoms with van der Waals surface area (Å²) in [6.07, 6.45) is -20.0. The minimum atomic E-state index is -3.80. The minimum Gasteiger partial charge on any atom is -0.504 e. The number of hydrogen-bond donors (Lipinski definition) is 22. The van der Waals surface area contributed by atoms with Crippen molar-refractivity contribution in [2.45, 2.75) is 54.4 Å². The van der Waals surface area contributed by atoms with Gasteiger partial charge in [-0.15, -0.1) is 0 Å². The van der Waals surface area contributed by atoms with Crippen LogP contribution in [0.3, 0.4) is 0 Å². The van der Waals surface area contributed by atoms with E-state index in [1.807, 2.05) is 0 Å². The molecule has 0 aromatic heterocycles. The van der Waals surface area contributed by atoms with E-state index in [9.17, 15) is 132 Å². The Morgan fingerprint density at radius 2 is 0.955 bits per heavy atom. The molecule has 0 amide bonds. The maximum Gasteiger partial charge on any atom is 0.339 e. The molecule has 0 aliphatic carbocycles. The van der Waals surface area contributed by atoms with E-state index in [4.69, 9.17) is 33.2 Å². The molecule has 1 unspecified atom stereocenters. The Balaban J connectivity index is 1.28. The van der Waals surface area contributed by atoms with Gasteiger partial charge < -0.3 is 146 Å². The Kier molecular flexibility index (Phi) is 14.1. The molecule has 35 nitrogen and oxygen atoms in total. The van der Waals surface area contributed by atoms with Crippen LogP contribution in [0.2, 0.25) is 0 Å². The molecule has 22 N–H and O–H groups in total. The summed E-state index contributed by atoms with van der Waals surface area (Å²) in [4.78, 5) is 86.8. The Labute approximate surface area is 483 Å². The number of aromatic carboxylic acids is 1. The number of aliphatic hydroxyl groups is 4. The van der Waals surface area contributed by atoms with Crippen molar-refractivity contribution in [1.82, 2.24) is 0 Å². The number of hydrogen-bond acceptors (Lipinski definition) is 34. The third-order valence-electron chi connectivity index (χ3n) is 14.6. The van der Waals surface area contributed by atoms with Gasteiger partial charge in [0.2, 0.25) is 40.3 Å². The summed E-state index contributed by atoms with van der Waals surface area (Å²) in [6, 6.07) is 1.85. The second-order valence-corrected chi connectivity index (χ2v) is 19.7. The molecular formula is C53H40O35. The molecule has 0 saturated carbocycles. The van der Waals surface area contributed by atoms with Crippen LogP contribution in [0.1, 0.15) is 73.6 Å². The molecule has 462 valence electrons. The van der Waals surface area contributed by atoms with Crippen LogP contribution >= 0.6 is 0 Å². The van der Waals surface area contributed by atoms with E-state index in [0.29, 0.717) is 18.2 Å². The molecular weight excluding hydrogens is 1200 g/mol. The normalized spacial score (nSPS) is 23.1. The SMILES string of the molecule is O=C(O[C@H]1COC(=O)c2cc(Oc3c(C(=O)O)cc(O)c(O)c3O)c(O)c(O)c2-c2c(cc(O)c(O)c2O)C(=O)O[C@H]1[C@@H]1OC(=O)c2cc(O)c(O)c(O)c2-c2c(O)c(O)c(O)c3c2C(=O)O[C@H]1[C@H]3C1(O)OC[C@H](O)[C@@H](O)[C@H]1O)c1cc(O)c(O)c(O)c1. The monoisotopic (exact) mass is 1240 g/mol. The van der Waals surface area contributed by atoms with Crippen LogP contribution in [0.25, 0.3) is 22.3 Å². The van der Waals surface area contributed by atoms with Gasteiger partial charge in [-0.25, -0.2) is 28.8 Å². The molecule has 4 aliphatic rings. The number of phenols is 17. The maximum atomic E-state index is 15.3. The predicted octanol–water partition coefficient (Wildman–Crippen LogP) is 0.0910. The smallest absolute Gasteiger partial charge is 0.339 e. The molecule has 4 heterocycles. The lowest BCUT2D eigenvalue weighted by molar-refractivity contribution is -0.341. The average Bonchev–Trinajstić information content (AvgIpc) is 0.729. The summed E-state index contributed by atoms with van der Waals surface area (Å²) in [5.74, 6) is -47.8. The molecule has 35 heteroatoms. The Morgan fingerprint density at radius 3 is 1.52 bits per heavy atom. The van der Waals surface area contributed by atoms with E-state index >= 15 is 9.59 Å². The van der Waals surface area contributed by atoms with Crippen molar-refractivity contribution in [3.8, 4) is 131 Å². The number of cyclic esters (lactones) is 3. The average molecular weight is 1240 g/mol. The fraction of sp³-hybridized carbons (Fsp3) is 0.208. The molecule has 1 saturated heterocycles. The molecule has 2 bridgehead atoms. The Morgan fingerprint density at radius 1 is 0.477 bits per heavy atom. The van der Waals surface area contributed by atoms with Crippen molar-refractivity contribution in [1.29, 1.82) is 0 Å². The molecule has 0 spiro atoms. The highest BCUT2D eigenvalue weighted by atomic mass is 16.7. The highest BCUT2D eigenvalue weighted by Gasteiger charge is 2.64. The zero-order valence-corrected chi connectivity index (χ0v) is 43.1. The number of esters is 5. The topological polar surface area (TPSA) is 612 Å². The van der Waals surface area contributed by atoms with Gasteiger partial charge in [-0.1, -0.05) is 0 Å². The summed E-state index contributed by atoms with van der Waals surface area (Å²) >= 11 is 0. The van der Waals surface area contributed by atoms with E-state index in [1.54, 1.807) is 0 Å². The molecule has 6 aromatic rings. The summed E-state index contributed by atoms with van der Waals surface area (Å²) < 4.78 is 39.4. The number of aromatic hydroxyl groups is 17. The van der Waals surface area contributed by atoms with Gasteiger partial charge in [0.05, 0.1) is 40.3 Å². The first-order valence-electron chi connectivity index (χ1n) is 24.5. The van der Waals surface area contributed by atoms with Crippen molar-refractivity contribution in [2.75, 3.05) is 13.2 Å². The number of carboxylic acid groups (broad SMARTS) is 1. The number of phenolic OH excluding ortho intramolecular Hbond substituents is 17. The van der Waals surface area contributed by atoms with Gasteiger partial charge in [0, 0.05) is 39.9 Å². The highest BCUT2D eigenvalue weighted by Crippen LogP contribution is 2.61. The first-order chi connectivity index (χ1) is 41.2. The van der Waals surface area contributed by atoms with Gasteiger partial charge in [-0.2, -0.15) is 0 Å². The molecule has 1 fully saturated rings. The van der Waals surface area contributed by atoms with Crippen molar-refractivity contribution in [3.05, 3.63) is 75.3 Å². The Hall–Kier alpha value is -11.7. The third kappa shape index (κ3) is 8.95. The third-order valence-corrected chi connectivity index (χ3v) is 14.6. The van der Waals surface area contributed by atoms with E-state index < -0.39 is 274 Å². The van der Waals surface area contributed by atoms with Crippen molar-refractivity contribution >= 4 is 35.8 Å². The lowest BCUT2D eigenvalue weighted by Crippen LogP contribution is -2.68. The Bertz CT molecular complexity index is 4070. The fourth-order valence-electron chi connectivity index (χ4n) is 10.4. The number of rotatable bonds is 7. The van der Waals surface area contributed by atoms with E-state index in [-0.39, 0.29) is 18.2 Å². The molecule has 88 heavy (non-hydrogen) atoms. The quantitative estimate of drug-likeness (QED) is 0.0572. The number of carbonyl (C=O) groups is 6. The number of fused-ring (bicyclic) bond motifs is 7. The summed E-state index contributed by atoms with van der Waals surface area (Å²) in [6.45, 7) is -3.06. The first-order valence-corrected chi connectivity index (χ1v) is 24.5. The standard InChI is InChI=1S/C53H40O35/c54-14-1-9(2-15(55)29(14)60)48(76)85-21-8-82-49(77)12-6-20(84-42-13(47(74)75)5-18(58)32(63)41(42)72)34(65)37(68)23(12)22-10(3-16(56)30(61)35(22)66)50(78)86-43(21)45-44-28(53(81)46(73)33(64)19(59)7-83-53)27-26(52(80)87-44)25(38(69)40(71)39(27)70)24-11(51(79)88-45)4-17(57)31(62)36(24)67/h1-6,19,21,28,33,43-46,54-73,81H,7-8H2,(H,74,75)/t19-,21-,28-,33+,43+,44-,45-,46+,53?/m0/s1.